The molecule has 0 aliphatic heterocycles. The SMILES string of the molecule is CCN(CC(=O)NC(C)C)CC(O)c1cccc(Cl)c1. The number of aliphatic hydroxyl groups is 1. The summed E-state index contributed by atoms with van der Waals surface area (Å²) in [5.41, 5.74) is 0.764. The Morgan fingerprint density at radius 2 is 2.15 bits per heavy atom. The van der Waals surface area contributed by atoms with Crippen molar-refractivity contribution in [3.63, 3.8) is 0 Å². The van der Waals surface area contributed by atoms with E-state index < -0.39 is 6.10 Å². The molecule has 1 unspecified atom stereocenters. The monoisotopic (exact) mass is 298 g/mol. The van der Waals surface area contributed by atoms with Gasteiger partial charge in [-0.05, 0) is 38.1 Å². The number of carbonyl (C=O) groups is 1. The molecule has 0 spiro atoms. The maximum atomic E-state index is 11.7. The molecule has 0 heterocycles. The number of hydrogen-bond acceptors (Lipinski definition) is 3. The van der Waals surface area contributed by atoms with Crippen LogP contribution in [0.5, 0.6) is 0 Å². The molecule has 0 saturated carbocycles. The average Bonchev–Trinajstić information content (AvgIpc) is 2.36. The van der Waals surface area contributed by atoms with Crippen molar-refractivity contribution in [1.82, 2.24) is 10.2 Å². The summed E-state index contributed by atoms with van der Waals surface area (Å²) in [6, 6.07) is 7.28. The molecule has 1 atom stereocenters. The fourth-order valence-electron chi connectivity index (χ4n) is 1.94. The van der Waals surface area contributed by atoms with Crippen molar-refractivity contribution >= 4 is 17.5 Å². The Hall–Kier alpha value is -1.10. The molecular weight excluding hydrogens is 276 g/mol. The standard InChI is InChI=1S/C15H23ClN2O2/c1-4-18(10-15(20)17-11(2)3)9-14(19)12-6-5-7-13(16)8-12/h5-8,11,14,19H,4,9-10H2,1-3H3,(H,17,20). The van der Waals surface area contributed by atoms with Crippen LogP contribution < -0.4 is 5.32 Å². The zero-order chi connectivity index (χ0) is 15.1. The molecule has 1 aromatic carbocycles. The average molecular weight is 299 g/mol. The lowest BCUT2D eigenvalue weighted by molar-refractivity contribution is -0.123. The molecule has 0 fully saturated rings. The van der Waals surface area contributed by atoms with E-state index >= 15 is 0 Å². The molecule has 2 N–H and O–H groups in total. The van der Waals surface area contributed by atoms with Crippen LogP contribution in [0.15, 0.2) is 24.3 Å². The lowest BCUT2D eigenvalue weighted by Crippen LogP contribution is -2.41. The lowest BCUT2D eigenvalue weighted by atomic mass is 10.1. The molecule has 0 saturated heterocycles. The number of likely N-dealkylation sites (N-methyl/N-ethyl adjacent to an activating group) is 1. The third kappa shape index (κ3) is 5.90. The molecular formula is C15H23ClN2O2. The minimum atomic E-state index is -0.652. The van der Waals surface area contributed by atoms with E-state index in [0.717, 1.165) is 5.56 Å². The number of benzene rings is 1. The Bertz CT molecular complexity index is 438. The molecule has 20 heavy (non-hydrogen) atoms. The van der Waals surface area contributed by atoms with Gasteiger partial charge < -0.3 is 10.4 Å². The summed E-state index contributed by atoms with van der Waals surface area (Å²) in [6.07, 6.45) is -0.652. The van der Waals surface area contributed by atoms with Crippen molar-refractivity contribution in [3.8, 4) is 0 Å². The summed E-state index contributed by atoms with van der Waals surface area (Å²) in [4.78, 5) is 13.6. The van der Waals surface area contributed by atoms with Gasteiger partial charge in [0.2, 0.25) is 5.91 Å². The van der Waals surface area contributed by atoms with E-state index in [2.05, 4.69) is 5.32 Å². The van der Waals surface area contributed by atoms with Crippen LogP contribution in [0.3, 0.4) is 0 Å². The minimum absolute atomic E-state index is 0.0276. The van der Waals surface area contributed by atoms with E-state index in [1.807, 2.05) is 37.8 Å². The first-order valence-electron chi connectivity index (χ1n) is 6.87. The Morgan fingerprint density at radius 1 is 1.45 bits per heavy atom. The highest BCUT2D eigenvalue weighted by Crippen LogP contribution is 2.18. The van der Waals surface area contributed by atoms with Crippen LogP contribution in [0, 0.1) is 0 Å². The number of carbonyl (C=O) groups excluding carboxylic acids is 1. The van der Waals surface area contributed by atoms with Gasteiger partial charge in [0.25, 0.3) is 0 Å². The van der Waals surface area contributed by atoms with Gasteiger partial charge in [-0.15, -0.1) is 0 Å². The van der Waals surface area contributed by atoms with E-state index in [1.165, 1.54) is 0 Å². The van der Waals surface area contributed by atoms with Gasteiger partial charge in [-0.25, -0.2) is 0 Å². The van der Waals surface area contributed by atoms with Crippen LogP contribution in [0.1, 0.15) is 32.4 Å². The summed E-state index contributed by atoms with van der Waals surface area (Å²) in [6.45, 7) is 7.20. The second-order valence-corrected chi connectivity index (χ2v) is 5.56. The van der Waals surface area contributed by atoms with Crippen LogP contribution in [-0.2, 0) is 4.79 Å². The molecule has 1 aromatic rings. The molecule has 4 nitrogen and oxygen atoms in total. The molecule has 0 aliphatic rings. The van der Waals surface area contributed by atoms with Crippen LogP contribution in [0.2, 0.25) is 5.02 Å². The zero-order valence-electron chi connectivity index (χ0n) is 12.3. The molecule has 0 aliphatic carbocycles. The lowest BCUT2D eigenvalue weighted by Gasteiger charge is -2.23. The predicted molar refractivity (Wildman–Crippen MR) is 81.8 cm³/mol. The Kier molecular flexibility index (Phi) is 6.99. The van der Waals surface area contributed by atoms with Crippen molar-refractivity contribution in [2.24, 2.45) is 0 Å². The Labute approximate surface area is 125 Å². The van der Waals surface area contributed by atoms with Gasteiger partial charge in [0.05, 0.1) is 12.6 Å². The van der Waals surface area contributed by atoms with Crippen molar-refractivity contribution in [3.05, 3.63) is 34.9 Å². The van der Waals surface area contributed by atoms with Gasteiger partial charge in [0, 0.05) is 17.6 Å². The number of rotatable bonds is 7. The highest BCUT2D eigenvalue weighted by Gasteiger charge is 2.15. The van der Waals surface area contributed by atoms with Crippen LogP contribution >= 0.6 is 11.6 Å². The summed E-state index contributed by atoms with van der Waals surface area (Å²) >= 11 is 5.91. The summed E-state index contributed by atoms with van der Waals surface area (Å²) in [7, 11) is 0. The van der Waals surface area contributed by atoms with Crippen LogP contribution in [0.25, 0.3) is 0 Å². The highest BCUT2D eigenvalue weighted by atomic mass is 35.5. The number of aliphatic hydroxyl groups excluding tert-OH is 1. The van der Waals surface area contributed by atoms with Gasteiger partial charge in [-0.1, -0.05) is 30.7 Å². The number of nitrogens with one attached hydrogen (secondary N) is 1. The van der Waals surface area contributed by atoms with E-state index in [4.69, 9.17) is 11.6 Å². The van der Waals surface area contributed by atoms with Gasteiger partial charge >= 0.3 is 0 Å². The molecule has 1 amide bonds. The van der Waals surface area contributed by atoms with Gasteiger partial charge in [0.1, 0.15) is 0 Å². The number of amides is 1. The summed E-state index contributed by atoms with van der Waals surface area (Å²) < 4.78 is 0. The Balaban J connectivity index is 2.57. The highest BCUT2D eigenvalue weighted by molar-refractivity contribution is 6.30. The molecule has 1 rings (SSSR count). The summed E-state index contributed by atoms with van der Waals surface area (Å²) in [5, 5.41) is 13.7. The van der Waals surface area contributed by atoms with E-state index in [-0.39, 0.29) is 18.5 Å². The molecule has 0 aromatic heterocycles. The van der Waals surface area contributed by atoms with Gasteiger partial charge in [-0.3, -0.25) is 9.69 Å². The second-order valence-electron chi connectivity index (χ2n) is 5.12. The third-order valence-electron chi connectivity index (χ3n) is 2.93. The van der Waals surface area contributed by atoms with E-state index in [1.54, 1.807) is 12.1 Å². The number of hydrogen-bond donors (Lipinski definition) is 2. The quantitative estimate of drug-likeness (QED) is 0.811. The fraction of sp³-hybridized carbons (Fsp3) is 0.533. The predicted octanol–water partition coefficient (Wildman–Crippen LogP) is 2.22. The van der Waals surface area contributed by atoms with Gasteiger partial charge in [0.15, 0.2) is 0 Å². The smallest absolute Gasteiger partial charge is 0.234 e. The largest absolute Gasteiger partial charge is 0.387 e. The van der Waals surface area contributed by atoms with E-state index in [0.29, 0.717) is 18.1 Å². The van der Waals surface area contributed by atoms with E-state index in [9.17, 15) is 9.90 Å². The van der Waals surface area contributed by atoms with Crippen LogP contribution in [-0.4, -0.2) is 41.6 Å². The number of nitrogens with zero attached hydrogens (tertiary/aromatic N) is 1. The first kappa shape index (κ1) is 17.0. The topological polar surface area (TPSA) is 52.6 Å². The Morgan fingerprint density at radius 3 is 2.70 bits per heavy atom. The van der Waals surface area contributed by atoms with Crippen molar-refractivity contribution < 1.29 is 9.90 Å². The summed E-state index contributed by atoms with van der Waals surface area (Å²) in [5.74, 6) is -0.0276. The first-order valence-corrected chi connectivity index (χ1v) is 7.25. The normalized spacial score (nSPS) is 12.8. The van der Waals surface area contributed by atoms with Crippen LogP contribution in [0.4, 0.5) is 0 Å². The maximum absolute atomic E-state index is 11.7. The minimum Gasteiger partial charge on any atom is -0.387 e. The third-order valence-corrected chi connectivity index (χ3v) is 3.16. The molecule has 0 bridgehead atoms. The number of halogens is 1. The molecule has 0 radical (unpaired) electrons. The van der Waals surface area contributed by atoms with Crippen molar-refractivity contribution in [2.75, 3.05) is 19.6 Å². The first-order chi connectivity index (χ1) is 9.42. The molecule has 5 heteroatoms. The molecule has 112 valence electrons. The maximum Gasteiger partial charge on any atom is 0.234 e. The zero-order valence-corrected chi connectivity index (χ0v) is 13.0. The van der Waals surface area contributed by atoms with Crippen molar-refractivity contribution in [1.29, 1.82) is 0 Å². The second kappa shape index (κ2) is 8.25. The van der Waals surface area contributed by atoms with Crippen molar-refractivity contribution in [2.45, 2.75) is 32.9 Å². The fourth-order valence-corrected chi connectivity index (χ4v) is 2.14. The van der Waals surface area contributed by atoms with Gasteiger partial charge in [-0.2, -0.15) is 0 Å².